The van der Waals surface area contributed by atoms with E-state index in [0.717, 1.165) is 13.0 Å². The van der Waals surface area contributed by atoms with Crippen molar-refractivity contribution >= 4 is 16.0 Å². The summed E-state index contributed by atoms with van der Waals surface area (Å²) in [6.45, 7) is 2.26. The fourth-order valence-electron chi connectivity index (χ4n) is 2.10. The molecule has 0 aliphatic carbocycles. The van der Waals surface area contributed by atoms with Gasteiger partial charge in [0.25, 0.3) is 0 Å². The van der Waals surface area contributed by atoms with Crippen LogP contribution in [0.3, 0.4) is 0 Å². The molecular weight excluding hydrogens is 270 g/mol. The summed E-state index contributed by atoms with van der Waals surface area (Å²) in [4.78, 5) is 11.0. The lowest BCUT2D eigenvalue weighted by atomic mass is 10.4. The highest BCUT2D eigenvalue weighted by molar-refractivity contribution is 7.89. The van der Waals surface area contributed by atoms with Gasteiger partial charge in [0, 0.05) is 32.9 Å². The second-order valence-electron chi connectivity index (χ2n) is 4.48. The summed E-state index contributed by atoms with van der Waals surface area (Å²) < 4.78 is 27.5. The summed E-state index contributed by atoms with van der Waals surface area (Å²) in [6.07, 6.45) is 2.09. The molecule has 0 radical (unpaired) electrons. The molecule has 1 aliphatic rings. The van der Waals surface area contributed by atoms with E-state index >= 15 is 0 Å². The Labute approximate surface area is 111 Å². The molecule has 0 unspecified atom stereocenters. The van der Waals surface area contributed by atoms with Gasteiger partial charge >= 0.3 is 5.97 Å². The minimum absolute atomic E-state index is 0.0356. The number of aromatic nitrogens is 1. The highest BCUT2D eigenvalue weighted by Crippen LogP contribution is 2.19. The van der Waals surface area contributed by atoms with E-state index in [-0.39, 0.29) is 10.6 Å². The number of carboxylic acid groups (broad SMARTS) is 1. The molecule has 0 spiro atoms. The van der Waals surface area contributed by atoms with Gasteiger partial charge in [-0.2, -0.15) is 4.31 Å². The zero-order valence-electron chi connectivity index (χ0n) is 10.7. The van der Waals surface area contributed by atoms with Crippen molar-refractivity contribution in [1.29, 1.82) is 0 Å². The summed E-state index contributed by atoms with van der Waals surface area (Å²) in [5, 5.41) is 12.1. The third-order valence-electron chi connectivity index (χ3n) is 3.14. The Balaban J connectivity index is 2.33. The van der Waals surface area contributed by atoms with Crippen LogP contribution >= 0.6 is 0 Å². The normalized spacial score (nSPS) is 18.2. The molecule has 1 aliphatic heterocycles. The number of rotatable bonds is 3. The Kier molecular flexibility index (Phi) is 3.93. The first kappa shape index (κ1) is 14.0. The summed E-state index contributed by atoms with van der Waals surface area (Å²) in [5.74, 6) is -1.14. The van der Waals surface area contributed by atoms with Gasteiger partial charge in [0.15, 0.2) is 0 Å². The third-order valence-corrected chi connectivity index (χ3v) is 5.00. The molecule has 106 valence electrons. The molecule has 0 atom stereocenters. The van der Waals surface area contributed by atoms with Crippen molar-refractivity contribution in [3.05, 3.63) is 18.0 Å². The number of hydrogen-bond acceptors (Lipinski definition) is 4. The van der Waals surface area contributed by atoms with Gasteiger partial charge in [-0.05, 0) is 19.0 Å². The minimum Gasteiger partial charge on any atom is -0.477 e. The lowest BCUT2D eigenvalue weighted by molar-refractivity contribution is 0.0686. The molecule has 8 heteroatoms. The van der Waals surface area contributed by atoms with E-state index in [1.165, 1.54) is 28.2 Å². The quantitative estimate of drug-likeness (QED) is 0.797. The van der Waals surface area contributed by atoms with Crippen LogP contribution in [0.25, 0.3) is 0 Å². The van der Waals surface area contributed by atoms with Crippen LogP contribution in [0.15, 0.2) is 17.2 Å². The number of nitrogens with one attached hydrogen (secondary N) is 1. The van der Waals surface area contributed by atoms with E-state index in [2.05, 4.69) is 5.32 Å². The monoisotopic (exact) mass is 287 g/mol. The number of nitrogens with zero attached hydrogens (tertiary/aromatic N) is 2. The predicted octanol–water partition coefficient (Wildman–Crippen LogP) is -0.293. The topological polar surface area (TPSA) is 91.6 Å². The van der Waals surface area contributed by atoms with Crippen molar-refractivity contribution in [1.82, 2.24) is 14.2 Å². The van der Waals surface area contributed by atoms with Crippen LogP contribution in [0, 0.1) is 0 Å². The molecule has 19 heavy (non-hydrogen) atoms. The Morgan fingerprint density at radius 1 is 1.37 bits per heavy atom. The zero-order valence-corrected chi connectivity index (χ0v) is 11.5. The van der Waals surface area contributed by atoms with Crippen molar-refractivity contribution in [2.75, 3.05) is 26.2 Å². The van der Waals surface area contributed by atoms with Gasteiger partial charge in [-0.25, -0.2) is 13.2 Å². The lowest BCUT2D eigenvalue weighted by Gasteiger charge is -2.18. The van der Waals surface area contributed by atoms with Crippen LogP contribution < -0.4 is 5.32 Å². The standard InChI is InChI=1S/C11H17N3O4S/c1-13-8-9(7-10(13)11(15)16)19(17,18)14-5-2-3-12-4-6-14/h7-8,12H,2-6H2,1H3,(H,15,16). The minimum atomic E-state index is -3.61. The molecule has 1 aromatic rings. The van der Waals surface area contributed by atoms with Crippen LogP contribution in [-0.2, 0) is 17.1 Å². The SMILES string of the molecule is Cn1cc(S(=O)(=O)N2CCCNCC2)cc1C(=O)O. The van der Waals surface area contributed by atoms with E-state index in [9.17, 15) is 13.2 Å². The highest BCUT2D eigenvalue weighted by Gasteiger charge is 2.27. The van der Waals surface area contributed by atoms with Crippen molar-refractivity contribution in [3.8, 4) is 0 Å². The Morgan fingerprint density at radius 3 is 2.74 bits per heavy atom. The first-order valence-corrected chi connectivity index (χ1v) is 7.47. The van der Waals surface area contributed by atoms with E-state index in [1.807, 2.05) is 0 Å². The van der Waals surface area contributed by atoms with Gasteiger partial charge in [0.05, 0.1) is 0 Å². The van der Waals surface area contributed by atoms with Gasteiger partial charge in [0.2, 0.25) is 10.0 Å². The molecule has 0 aromatic carbocycles. The van der Waals surface area contributed by atoms with Gasteiger partial charge in [0.1, 0.15) is 10.6 Å². The van der Waals surface area contributed by atoms with Gasteiger partial charge in [-0.3, -0.25) is 0 Å². The zero-order chi connectivity index (χ0) is 14.0. The summed E-state index contributed by atoms with van der Waals surface area (Å²) in [6, 6.07) is 1.20. The average molecular weight is 287 g/mol. The number of sulfonamides is 1. The molecule has 2 rings (SSSR count). The summed E-state index contributed by atoms with van der Waals surface area (Å²) in [7, 11) is -2.09. The Hall–Kier alpha value is -1.38. The first-order valence-electron chi connectivity index (χ1n) is 6.03. The fourth-order valence-corrected chi connectivity index (χ4v) is 3.65. The second-order valence-corrected chi connectivity index (χ2v) is 6.42. The predicted molar refractivity (Wildman–Crippen MR) is 68.6 cm³/mol. The van der Waals surface area contributed by atoms with E-state index < -0.39 is 16.0 Å². The van der Waals surface area contributed by atoms with Crippen molar-refractivity contribution in [2.45, 2.75) is 11.3 Å². The molecule has 2 heterocycles. The van der Waals surface area contributed by atoms with Crippen LogP contribution in [0.5, 0.6) is 0 Å². The molecule has 1 fully saturated rings. The highest BCUT2D eigenvalue weighted by atomic mass is 32.2. The second kappa shape index (κ2) is 5.32. The number of hydrogen-bond donors (Lipinski definition) is 2. The Bertz CT molecular complexity index is 571. The molecule has 0 amide bonds. The number of aryl methyl sites for hydroxylation is 1. The van der Waals surface area contributed by atoms with Gasteiger partial charge in [-0.15, -0.1) is 0 Å². The van der Waals surface area contributed by atoms with Gasteiger partial charge in [-0.1, -0.05) is 0 Å². The number of carboxylic acids is 1. The third kappa shape index (κ3) is 2.80. The average Bonchev–Trinajstić information content (AvgIpc) is 2.58. The molecule has 0 saturated carbocycles. The molecule has 1 saturated heterocycles. The van der Waals surface area contributed by atoms with Crippen molar-refractivity contribution in [2.24, 2.45) is 7.05 Å². The van der Waals surface area contributed by atoms with Crippen LogP contribution in [-0.4, -0.2) is 54.5 Å². The van der Waals surface area contributed by atoms with E-state index in [1.54, 1.807) is 0 Å². The van der Waals surface area contributed by atoms with E-state index in [0.29, 0.717) is 19.6 Å². The smallest absolute Gasteiger partial charge is 0.352 e. The molecular formula is C11H17N3O4S. The van der Waals surface area contributed by atoms with E-state index in [4.69, 9.17) is 5.11 Å². The van der Waals surface area contributed by atoms with Crippen LogP contribution in [0.2, 0.25) is 0 Å². The molecule has 0 bridgehead atoms. The molecule has 7 nitrogen and oxygen atoms in total. The maximum Gasteiger partial charge on any atom is 0.352 e. The van der Waals surface area contributed by atoms with Crippen LogP contribution in [0.4, 0.5) is 0 Å². The maximum atomic E-state index is 12.4. The summed E-state index contributed by atoms with van der Waals surface area (Å²) >= 11 is 0. The first-order chi connectivity index (χ1) is 8.93. The number of aromatic carboxylic acids is 1. The molecule has 2 N–H and O–H groups in total. The summed E-state index contributed by atoms with van der Waals surface area (Å²) in [5.41, 5.74) is -0.0356. The maximum absolute atomic E-state index is 12.4. The van der Waals surface area contributed by atoms with Gasteiger partial charge < -0.3 is 15.0 Å². The fraction of sp³-hybridized carbons (Fsp3) is 0.545. The van der Waals surface area contributed by atoms with Crippen molar-refractivity contribution in [3.63, 3.8) is 0 Å². The molecule has 1 aromatic heterocycles. The van der Waals surface area contributed by atoms with Crippen molar-refractivity contribution < 1.29 is 18.3 Å². The van der Waals surface area contributed by atoms with Crippen LogP contribution in [0.1, 0.15) is 16.9 Å². The largest absolute Gasteiger partial charge is 0.477 e. The number of carbonyl (C=O) groups is 1. The Morgan fingerprint density at radius 2 is 2.11 bits per heavy atom. The lowest BCUT2D eigenvalue weighted by Crippen LogP contribution is -2.34.